The van der Waals surface area contributed by atoms with Crippen LogP contribution in [-0.4, -0.2) is 6.43 Å². The topological polar surface area (TPSA) is 0 Å². The molecule has 1 aromatic rings. The van der Waals surface area contributed by atoms with Crippen LogP contribution < -0.4 is 0 Å². The van der Waals surface area contributed by atoms with Crippen molar-refractivity contribution >= 4 is 15.9 Å². The van der Waals surface area contributed by atoms with E-state index in [1.165, 1.54) is 0 Å². The Balaban J connectivity index is 3.15. The molecule has 1 atom stereocenters. The van der Waals surface area contributed by atoms with Gasteiger partial charge < -0.3 is 0 Å². The molecule has 14 heavy (non-hydrogen) atoms. The van der Waals surface area contributed by atoms with Crippen LogP contribution in [0, 0.1) is 17.5 Å². The zero-order chi connectivity index (χ0) is 10.9. The van der Waals surface area contributed by atoms with Gasteiger partial charge >= 0.3 is 0 Å². The monoisotopic (exact) mass is 274 g/mol. The van der Waals surface area contributed by atoms with Crippen LogP contribution in [0.25, 0.3) is 0 Å². The fraction of sp³-hybridized carbons (Fsp3) is 0.250. The number of hydrogen-bond acceptors (Lipinski definition) is 0. The van der Waals surface area contributed by atoms with Gasteiger partial charge in [-0.2, -0.15) is 0 Å². The van der Waals surface area contributed by atoms with E-state index in [-0.39, 0.29) is 6.07 Å². The molecular weight excluding hydrogens is 271 g/mol. The zero-order valence-electron chi connectivity index (χ0n) is 6.58. The van der Waals surface area contributed by atoms with Crippen molar-refractivity contribution in [3.8, 4) is 0 Å². The van der Waals surface area contributed by atoms with E-state index in [4.69, 9.17) is 0 Å². The summed E-state index contributed by atoms with van der Waals surface area (Å²) in [6.45, 7) is 0. The van der Waals surface area contributed by atoms with E-state index in [1.807, 2.05) is 0 Å². The largest absolute Gasteiger partial charge is 0.255 e. The Labute approximate surface area is 84.9 Å². The molecule has 0 aromatic heterocycles. The predicted molar refractivity (Wildman–Crippen MR) is 44.0 cm³/mol. The Bertz CT molecular complexity index is 339. The number of benzene rings is 1. The van der Waals surface area contributed by atoms with E-state index in [9.17, 15) is 22.0 Å². The van der Waals surface area contributed by atoms with E-state index < -0.39 is 34.3 Å². The number of halogens is 6. The highest BCUT2D eigenvalue weighted by Gasteiger charge is 2.24. The van der Waals surface area contributed by atoms with Crippen LogP contribution >= 0.6 is 15.9 Å². The molecule has 1 rings (SSSR count). The first kappa shape index (κ1) is 11.4. The first-order valence-corrected chi connectivity index (χ1v) is 4.41. The third-order valence-electron chi connectivity index (χ3n) is 1.56. The maximum absolute atomic E-state index is 12.9. The summed E-state index contributed by atoms with van der Waals surface area (Å²) in [7, 11) is 0. The molecule has 1 aromatic carbocycles. The molecule has 78 valence electrons. The SMILES string of the molecule is Fc1cc(F)c(C(Br)C(F)F)cc1F. The lowest BCUT2D eigenvalue weighted by Crippen LogP contribution is -2.05. The van der Waals surface area contributed by atoms with Gasteiger partial charge in [0.15, 0.2) is 11.6 Å². The minimum atomic E-state index is -2.89. The second kappa shape index (κ2) is 4.25. The highest BCUT2D eigenvalue weighted by atomic mass is 79.9. The molecule has 0 radical (unpaired) electrons. The summed E-state index contributed by atoms with van der Waals surface area (Å²) in [4.78, 5) is -1.64. The van der Waals surface area contributed by atoms with Crippen LogP contribution in [0.15, 0.2) is 12.1 Å². The van der Waals surface area contributed by atoms with Crippen LogP contribution in [0.1, 0.15) is 10.4 Å². The molecule has 0 N–H and O–H groups in total. The van der Waals surface area contributed by atoms with Gasteiger partial charge in [0.05, 0.1) is 0 Å². The van der Waals surface area contributed by atoms with Crippen LogP contribution in [-0.2, 0) is 0 Å². The van der Waals surface area contributed by atoms with Gasteiger partial charge in [-0.15, -0.1) is 0 Å². The van der Waals surface area contributed by atoms with E-state index in [0.717, 1.165) is 0 Å². The van der Waals surface area contributed by atoms with Crippen molar-refractivity contribution in [3.05, 3.63) is 35.1 Å². The van der Waals surface area contributed by atoms with Crippen molar-refractivity contribution in [3.63, 3.8) is 0 Å². The standard InChI is InChI=1S/C8H4BrF5/c9-7(8(13)14)3-1-5(11)6(12)2-4(3)10/h1-2,7-8H. The second-order valence-corrected chi connectivity index (χ2v) is 3.51. The lowest BCUT2D eigenvalue weighted by molar-refractivity contribution is 0.146. The van der Waals surface area contributed by atoms with Gasteiger partial charge in [0.25, 0.3) is 6.43 Å². The van der Waals surface area contributed by atoms with Crippen molar-refractivity contribution in [1.29, 1.82) is 0 Å². The highest BCUT2D eigenvalue weighted by Crippen LogP contribution is 2.32. The van der Waals surface area contributed by atoms with E-state index in [1.54, 1.807) is 0 Å². The Morgan fingerprint density at radius 1 is 0.929 bits per heavy atom. The van der Waals surface area contributed by atoms with Crippen LogP contribution in [0.2, 0.25) is 0 Å². The lowest BCUT2D eigenvalue weighted by atomic mass is 10.1. The summed E-state index contributed by atoms with van der Waals surface area (Å²) in [6.07, 6.45) is -2.89. The number of hydrogen-bond donors (Lipinski definition) is 0. The normalized spacial score (nSPS) is 13.4. The van der Waals surface area contributed by atoms with Gasteiger partial charge in [-0.3, -0.25) is 0 Å². The van der Waals surface area contributed by atoms with E-state index in [2.05, 4.69) is 15.9 Å². The second-order valence-electron chi connectivity index (χ2n) is 2.52. The molecule has 0 heterocycles. The molecule has 0 saturated heterocycles. The van der Waals surface area contributed by atoms with Gasteiger partial charge in [0.2, 0.25) is 0 Å². The van der Waals surface area contributed by atoms with Crippen molar-refractivity contribution in [2.24, 2.45) is 0 Å². The van der Waals surface area contributed by atoms with E-state index in [0.29, 0.717) is 6.07 Å². The first-order valence-electron chi connectivity index (χ1n) is 3.50. The minimum absolute atomic E-state index is 0.237. The zero-order valence-corrected chi connectivity index (χ0v) is 8.16. The Hall–Kier alpha value is -0.650. The summed E-state index contributed by atoms with van der Waals surface area (Å²) in [5.41, 5.74) is -0.598. The quantitative estimate of drug-likeness (QED) is 0.437. The van der Waals surface area contributed by atoms with Crippen molar-refractivity contribution in [2.75, 3.05) is 0 Å². The molecule has 0 saturated carbocycles. The average molecular weight is 275 g/mol. The van der Waals surface area contributed by atoms with Crippen molar-refractivity contribution in [1.82, 2.24) is 0 Å². The molecular formula is C8H4BrF5. The summed E-state index contributed by atoms with van der Waals surface area (Å²) < 4.78 is 62.0. The first-order chi connectivity index (χ1) is 6.43. The molecule has 0 amide bonds. The van der Waals surface area contributed by atoms with Gasteiger partial charge in [0.1, 0.15) is 10.6 Å². The molecule has 0 bridgehead atoms. The summed E-state index contributed by atoms with van der Waals surface area (Å²) >= 11 is 2.48. The van der Waals surface area contributed by atoms with E-state index >= 15 is 0 Å². The Kier molecular flexibility index (Phi) is 3.47. The van der Waals surface area contributed by atoms with Gasteiger partial charge in [-0.05, 0) is 6.07 Å². The smallest absolute Gasteiger partial charge is 0.209 e. The minimum Gasteiger partial charge on any atom is -0.209 e. The molecule has 0 fully saturated rings. The lowest BCUT2D eigenvalue weighted by Gasteiger charge is -2.10. The molecule has 1 unspecified atom stereocenters. The van der Waals surface area contributed by atoms with Crippen LogP contribution in [0.5, 0.6) is 0 Å². The molecule has 6 heteroatoms. The Morgan fingerprint density at radius 3 is 1.93 bits per heavy atom. The maximum atomic E-state index is 12.9. The van der Waals surface area contributed by atoms with Gasteiger partial charge in [-0.1, -0.05) is 15.9 Å². The predicted octanol–water partition coefficient (Wildman–Crippen LogP) is 3.81. The molecule has 0 spiro atoms. The van der Waals surface area contributed by atoms with Crippen LogP contribution in [0.4, 0.5) is 22.0 Å². The van der Waals surface area contributed by atoms with Crippen molar-refractivity contribution < 1.29 is 22.0 Å². The fourth-order valence-electron chi connectivity index (χ4n) is 0.885. The highest BCUT2D eigenvalue weighted by molar-refractivity contribution is 9.09. The number of alkyl halides is 3. The molecule has 0 aliphatic rings. The van der Waals surface area contributed by atoms with Gasteiger partial charge in [0, 0.05) is 11.6 Å². The summed E-state index contributed by atoms with van der Waals surface area (Å²) in [6, 6.07) is 0.650. The van der Waals surface area contributed by atoms with Crippen LogP contribution in [0.3, 0.4) is 0 Å². The average Bonchev–Trinajstić information content (AvgIpc) is 2.10. The summed E-state index contributed by atoms with van der Waals surface area (Å²) in [5.74, 6) is -3.96. The summed E-state index contributed by atoms with van der Waals surface area (Å²) in [5, 5.41) is 0. The fourth-order valence-corrected chi connectivity index (χ4v) is 1.24. The molecule has 0 aliphatic heterocycles. The van der Waals surface area contributed by atoms with Crippen molar-refractivity contribution in [2.45, 2.75) is 11.3 Å². The molecule has 0 nitrogen and oxygen atoms in total. The third kappa shape index (κ3) is 2.23. The number of rotatable bonds is 2. The van der Waals surface area contributed by atoms with Gasteiger partial charge in [-0.25, -0.2) is 22.0 Å². The molecule has 0 aliphatic carbocycles. The Morgan fingerprint density at radius 2 is 1.43 bits per heavy atom. The maximum Gasteiger partial charge on any atom is 0.255 e. The third-order valence-corrected chi connectivity index (χ3v) is 2.45.